The maximum absolute atomic E-state index is 12.7. The van der Waals surface area contributed by atoms with E-state index < -0.39 is 0 Å². The fourth-order valence-corrected chi connectivity index (χ4v) is 6.62. The summed E-state index contributed by atoms with van der Waals surface area (Å²) >= 11 is 3.05. The number of nitrogens with one attached hydrogen (secondary N) is 3. The highest BCUT2D eigenvalue weighted by Gasteiger charge is 2.15. The van der Waals surface area contributed by atoms with Crippen LogP contribution in [0.15, 0.2) is 48.5 Å². The quantitative estimate of drug-likeness (QED) is 0.131. The van der Waals surface area contributed by atoms with Crippen molar-refractivity contribution in [2.24, 2.45) is 0 Å². The summed E-state index contributed by atoms with van der Waals surface area (Å²) in [7, 11) is 1.66. The van der Waals surface area contributed by atoms with Crippen LogP contribution in [0, 0.1) is 0 Å². The molecule has 0 radical (unpaired) electrons. The van der Waals surface area contributed by atoms with Gasteiger partial charge in [-0.15, -0.1) is 22.7 Å². The van der Waals surface area contributed by atoms with Crippen molar-refractivity contribution in [2.75, 3.05) is 13.6 Å². The standard InChI is InChI=1S/C27H27N3O2S2/c1-3-4-5-6-13-29-30-27(32)23-15-17-8-10-19-18-9-7-16-14-22(26(31)28-2)33-24(16)20(18)11-12-21(19)25(17)34-23/h7-12,14-15,29H,3-6,13H2,1-2H3,(H,28,31)(H,30,32). The molecule has 7 heteroatoms. The van der Waals surface area contributed by atoms with E-state index in [9.17, 15) is 9.59 Å². The lowest BCUT2D eigenvalue weighted by Gasteiger charge is -2.06. The Morgan fingerprint density at radius 3 is 1.85 bits per heavy atom. The number of amides is 2. The highest BCUT2D eigenvalue weighted by molar-refractivity contribution is 7.22. The Kier molecular flexibility index (Phi) is 6.50. The van der Waals surface area contributed by atoms with Gasteiger partial charge >= 0.3 is 0 Å². The van der Waals surface area contributed by atoms with E-state index in [-0.39, 0.29) is 11.8 Å². The number of hydrogen-bond acceptors (Lipinski definition) is 5. The summed E-state index contributed by atoms with van der Waals surface area (Å²) in [5.41, 5.74) is 5.90. The lowest BCUT2D eigenvalue weighted by molar-refractivity contribution is 0.0935. The van der Waals surface area contributed by atoms with Crippen LogP contribution >= 0.6 is 22.7 Å². The normalized spacial score (nSPS) is 11.6. The summed E-state index contributed by atoms with van der Waals surface area (Å²) in [5, 5.41) is 9.46. The van der Waals surface area contributed by atoms with E-state index in [4.69, 9.17) is 0 Å². The summed E-state index contributed by atoms with van der Waals surface area (Å²) in [6.07, 6.45) is 4.65. The van der Waals surface area contributed by atoms with Gasteiger partial charge in [0, 0.05) is 33.8 Å². The Bertz CT molecular complexity index is 1530. The molecule has 5 rings (SSSR count). The number of benzene rings is 3. The Morgan fingerprint density at radius 1 is 0.735 bits per heavy atom. The van der Waals surface area contributed by atoms with Crippen molar-refractivity contribution in [1.29, 1.82) is 0 Å². The molecule has 0 unspecified atom stereocenters. The number of fused-ring (bicyclic) bond motifs is 7. The molecule has 3 aromatic carbocycles. The fraction of sp³-hybridized carbons (Fsp3) is 0.259. The van der Waals surface area contributed by atoms with Crippen molar-refractivity contribution in [3.63, 3.8) is 0 Å². The molecule has 0 saturated heterocycles. The molecule has 2 heterocycles. The number of carbonyl (C=O) groups excluding carboxylic acids is 2. The lowest BCUT2D eigenvalue weighted by atomic mass is 10.00. The number of hydrazine groups is 1. The highest BCUT2D eigenvalue weighted by Crippen LogP contribution is 2.39. The number of rotatable bonds is 8. The van der Waals surface area contributed by atoms with Crippen LogP contribution in [0.2, 0.25) is 0 Å². The topological polar surface area (TPSA) is 70.2 Å². The Hall–Kier alpha value is -3.00. The predicted octanol–water partition coefficient (Wildman–Crippen LogP) is 6.60. The van der Waals surface area contributed by atoms with Crippen molar-refractivity contribution in [2.45, 2.75) is 32.6 Å². The maximum atomic E-state index is 12.7. The van der Waals surface area contributed by atoms with Gasteiger partial charge in [0.05, 0.1) is 9.75 Å². The molecule has 3 N–H and O–H groups in total. The number of hydrogen-bond donors (Lipinski definition) is 3. The van der Waals surface area contributed by atoms with Crippen LogP contribution in [-0.2, 0) is 0 Å². The molecule has 34 heavy (non-hydrogen) atoms. The van der Waals surface area contributed by atoms with E-state index in [0.717, 1.165) is 54.7 Å². The van der Waals surface area contributed by atoms with Gasteiger partial charge in [0.15, 0.2) is 0 Å². The summed E-state index contributed by atoms with van der Waals surface area (Å²) in [6, 6.07) is 16.7. The molecule has 0 atom stereocenters. The molecule has 5 aromatic rings. The molecule has 0 saturated carbocycles. The monoisotopic (exact) mass is 489 g/mol. The molecule has 0 fully saturated rings. The molecular weight excluding hydrogens is 462 g/mol. The second-order valence-corrected chi connectivity index (χ2v) is 10.6. The SMILES string of the molecule is CCCCCCNNC(=O)c1cc2ccc3c4ccc5cc(C(=O)NC)sc5c4ccc3c2s1. The van der Waals surface area contributed by atoms with Gasteiger partial charge in [-0.2, -0.15) is 0 Å². The molecule has 0 aliphatic rings. The molecule has 0 spiro atoms. The average molecular weight is 490 g/mol. The zero-order chi connectivity index (χ0) is 23.7. The van der Waals surface area contributed by atoms with E-state index in [0.29, 0.717) is 9.75 Å². The molecule has 0 bridgehead atoms. The molecular formula is C27H27N3O2S2. The lowest BCUT2D eigenvalue weighted by Crippen LogP contribution is -2.37. The van der Waals surface area contributed by atoms with Crippen molar-refractivity contribution in [3.05, 3.63) is 58.3 Å². The molecule has 5 nitrogen and oxygen atoms in total. The number of carbonyl (C=O) groups is 2. The first-order valence-corrected chi connectivity index (χ1v) is 13.3. The van der Waals surface area contributed by atoms with E-state index in [1.54, 1.807) is 7.05 Å². The van der Waals surface area contributed by atoms with Gasteiger partial charge in [-0.1, -0.05) is 62.6 Å². The van der Waals surface area contributed by atoms with Gasteiger partial charge in [0.25, 0.3) is 11.8 Å². The Morgan fingerprint density at radius 2 is 1.29 bits per heavy atom. The fourth-order valence-electron chi connectivity index (χ4n) is 4.41. The van der Waals surface area contributed by atoms with Gasteiger partial charge in [-0.25, -0.2) is 5.43 Å². The van der Waals surface area contributed by atoms with Crippen LogP contribution in [0.4, 0.5) is 0 Å². The van der Waals surface area contributed by atoms with Gasteiger partial charge in [0.2, 0.25) is 0 Å². The van der Waals surface area contributed by atoms with Gasteiger partial charge in [0.1, 0.15) is 0 Å². The highest BCUT2D eigenvalue weighted by atomic mass is 32.1. The first-order chi connectivity index (χ1) is 16.6. The Labute approximate surface area is 206 Å². The van der Waals surface area contributed by atoms with Crippen LogP contribution in [0.25, 0.3) is 41.7 Å². The van der Waals surface area contributed by atoms with Gasteiger partial charge in [-0.05, 0) is 40.1 Å². The minimum atomic E-state index is -0.0901. The third kappa shape index (κ3) is 4.15. The van der Waals surface area contributed by atoms with E-state index in [2.05, 4.69) is 59.5 Å². The van der Waals surface area contributed by atoms with Gasteiger partial charge < -0.3 is 5.32 Å². The van der Waals surface area contributed by atoms with Crippen LogP contribution in [0.1, 0.15) is 52.0 Å². The first kappa shape index (κ1) is 22.8. The summed E-state index contributed by atoms with van der Waals surface area (Å²) in [6.45, 7) is 2.97. The van der Waals surface area contributed by atoms with E-state index in [1.165, 1.54) is 41.9 Å². The second-order valence-electron chi connectivity index (χ2n) is 8.47. The maximum Gasteiger partial charge on any atom is 0.275 e. The molecule has 0 aliphatic heterocycles. The minimum Gasteiger partial charge on any atom is -0.354 e. The van der Waals surface area contributed by atoms with E-state index >= 15 is 0 Å². The molecule has 2 amide bonds. The zero-order valence-electron chi connectivity index (χ0n) is 19.3. The third-order valence-corrected chi connectivity index (χ3v) is 8.55. The number of thiophene rings is 2. The summed E-state index contributed by atoms with van der Waals surface area (Å²) in [4.78, 5) is 26.2. The third-order valence-electron chi connectivity index (χ3n) is 6.19. The first-order valence-electron chi connectivity index (χ1n) is 11.7. The molecule has 0 aliphatic carbocycles. The second kappa shape index (κ2) is 9.70. The van der Waals surface area contributed by atoms with Crippen LogP contribution < -0.4 is 16.2 Å². The summed E-state index contributed by atoms with van der Waals surface area (Å²) in [5.74, 6) is -0.149. The molecule has 174 valence electrons. The zero-order valence-corrected chi connectivity index (χ0v) is 20.9. The van der Waals surface area contributed by atoms with Crippen LogP contribution in [-0.4, -0.2) is 25.4 Å². The van der Waals surface area contributed by atoms with Crippen LogP contribution in [0.5, 0.6) is 0 Å². The Balaban J connectivity index is 1.48. The average Bonchev–Trinajstić information content (AvgIpc) is 3.50. The summed E-state index contributed by atoms with van der Waals surface area (Å²) < 4.78 is 2.24. The van der Waals surface area contributed by atoms with E-state index in [1.807, 2.05) is 12.1 Å². The predicted molar refractivity (Wildman–Crippen MR) is 145 cm³/mol. The van der Waals surface area contributed by atoms with Crippen molar-refractivity contribution < 1.29 is 9.59 Å². The van der Waals surface area contributed by atoms with Gasteiger partial charge in [-0.3, -0.25) is 15.0 Å². The van der Waals surface area contributed by atoms with Crippen molar-refractivity contribution in [3.8, 4) is 0 Å². The van der Waals surface area contributed by atoms with Crippen molar-refractivity contribution in [1.82, 2.24) is 16.2 Å². The number of unbranched alkanes of at least 4 members (excludes halogenated alkanes) is 3. The van der Waals surface area contributed by atoms with Crippen LogP contribution in [0.3, 0.4) is 0 Å². The molecule has 2 aromatic heterocycles. The largest absolute Gasteiger partial charge is 0.354 e. The minimum absolute atomic E-state index is 0.0586. The van der Waals surface area contributed by atoms with Crippen molar-refractivity contribution >= 4 is 76.2 Å². The smallest absolute Gasteiger partial charge is 0.275 e.